The van der Waals surface area contributed by atoms with Crippen molar-refractivity contribution in [3.63, 3.8) is 0 Å². The number of hydrazine groups is 1. The summed E-state index contributed by atoms with van der Waals surface area (Å²) in [5.41, 5.74) is 16.8. The molecule has 2 aromatic rings. The van der Waals surface area contributed by atoms with Gasteiger partial charge in [-0.1, -0.05) is 24.4 Å². The van der Waals surface area contributed by atoms with E-state index in [1.165, 1.54) is 23.6 Å². The lowest BCUT2D eigenvalue weighted by Gasteiger charge is -2.20. The van der Waals surface area contributed by atoms with E-state index in [2.05, 4.69) is 21.1 Å². The largest absolute Gasteiger partial charge is 0.404 e. The molecule has 0 spiro atoms. The number of nitrogens with two attached hydrogens (primary N) is 4. The van der Waals surface area contributed by atoms with Crippen molar-refractivity contribution in [2.45, 2.75) is 38.1 Å². The molecule has 11 N–H and O–H groups in total. The van der Waals surface area contributed by atoms with Gasteiger partial charge in [0.1, 0.15) is 6.34 Å². The van der Waals surface area contributed by atoms with E-state index in [0.29, 0.717) is 58.1 Å². The zero-order valence-corrected chi connectivity index (χ0v) is 23.1. The van der Waals surface area contributed by atoms with Gasteiger partial charge in [0.15, 0.2) is 0 Å². The molecule has 0 saturated carbocycles. The Morgan fingerprint density at radius 1 is 1.20 bits per heavy atom. The van der Waals surface area contributed by atoms with Crippen molar-refractivity contribution < 1.29 is 9.59 Å². The van der Waals surface area contributed by atoms with E-state index in [1.807, 2.05) is 18.2 Å². The first-order valence-electron chi connectivity index (χ1n) is 12.8. The van der Waals surface area contributed by atoms with Crippen LogP contribution in [0.1, 0.15) is 43.2 Å². The minimum atomic E-state index is -0.417. The van der Waals surface area contributed by atoms with Crippen molar-refractivity contribution >= 4 is 58.6 Å². The number of amides is 2. The normalized spacial score (nSPS) is 19.1. The van der Waals surface area contributed by atoms with Crippen LogP contribution in [0, 0.1) is 0 Å². The summed E-state index contributed by atoms with van der Waals surface area (Å²) in [6.45, 7) is 0. The molecule has 2 amide bonds. The molecule has 0 aliphatic carbocycles. The van der Waals surface area contributed by atoms with Gasteiger partial charge in [-0.15, -0.1) is 0 Å². The fourth-order valence-electron chi connectivity index (χ4n) is 4.34. The summed E-state index contributed by atoms with van der Waals surface area (Å²) >= 11 is 6.16. The van der Waals surface area contributed by atoms with Gasteiger partial charge < -0.3 is 33.3 Å². The molecule has 1 aliphatic heterocycles. The van der Waals surface area contributed by atoms with Crippen LogP contribution in [-0.4, -0.2) is 31.2 Å². The molecule has 0 radical (unpaired) electrons. The standard InChI is InChI=1S/C28H36ClN9O2/c1-34-21-9-10-22-23(31)14-19(16-30)24(5-3-2-4-6-27(39)37-25(22)15-21)36-28(40)12-7-18-13-20(29)8-11-26(18)38(33)17-35-32/h7-17,24,34H,2-6,30-33H2,1H3,(H,36,40)(H,37,39)/b12-7+,19-16+,23-14-,35-17-. The van der Waals surface area contributed by atoms with Crippen LogP contribution in [0.2, 0.25) is 5.02 Å². The second kappa shape index (κ2) is 14.6. The van der Waals surface area contributed by atoms with Gasteiger partial charge >= 0.3 is 0 Å². The van der Waals surface area contributed by atoms with Crippen LogP contribution in [0.15, 0.2) is 65.4 Å². The highest BCUT2D eigenvalue weighted by molar-refractivity contribution is 6.30. The zero-order valence-electron chi connectivity index (χ0n) is 22.4. The van der Waals surface area contributed by atoms with Crippen LogP contribution in [0.5, 0.6) is 0 Å². The van der Waals surface area contributed by atoms with Gasteiger partial charge in [0, 0.05) is 47.1 Å². The fourth-order valence-corrected chi connectivity index (χ4v) is 4.52. The van der Waals surface area contributed by atoms with Crippen LogP contribution in [0.25, 0.3) is 11.8 Å². The number of carbonyl (C=O) groups is 2. The molecule has 2 aromatic carbocycles. The summed E-state index contributed by atoms with van der Waals surface area (Å²) in [5.74, 6) is 10.8. The summed E-state index contributed by atoms with van der Waals surface area (Å²) in [7, 11) is 1.80. The Hall–Kier alpha value is -4.48. The second-order valence-corrected chi connectivity index (χ2v) is 9.63. The molecule has 212 valence electrons. The molecule has 1 atom stereocenters. The number of fused-ring (bicyclic) bond motifs is 1. The molecule has 0 fully saturated rings. The van der Waals surface area contributed by atoms with E-state index in [4.69, 9.17) is 34.8 Å². The Morgan fingerprint density at radius 3 is 2.73 bits per heavy atom. The number of hydrazone groups is 1. The molecule has 0 aromatic heterocycles. The Morgan fingerprint density at radius 2 is 2.00 bits per heavy atom. The van der Waals surface area contributed by atoms with Crippen LogP contribution in [0.3, 0.4) is 0 Å². The van der Waals surface area contributed by atoms with E-state index in [-0.39, 0.29) is 11.8 Å². The summed E-state index contributed by atoms with van der Waals surface area (Å²) in [6, 6.07) is 10.1. The minimum absolute atomic E-state index is 0.0831. The van der Waals surface area contributed by atoms with Crippen molar-refractivity contribution in [1.82, 2.24) is 5.32 Å². The molecule has 1 aliphatic rings. The smallest absolute Gasteiger partial charge is 0.244 e. The number of benzene rings is 2. The molecule has 0 bridgehead atoms. The SMILES string of the molecule is CNc1ccc2c(c1)NC(=O)CCCCCC(NC(=O)/C=C/c1cc(Cl)ccc1N(N)/C=N\N)C(=C/N)/C=C/2N. The first-order valence-corrected chi connectivity index (χ1v) is 13.2. The quantitative estimate of drug-likeness (QED) is 0.0912. The molecule has 1 heterocycles. The predicted octanol–water partition coefficient (Wildman–Crippen LogP) is 3.21. The lowest BCUT2D eigenvalue weighted by atomic mass is 9.98. The van der Waals surface area contributed by atoms with E-state index in [9.17, 15) is 9.59 Å². The van der Waals surface area contributed by atoms with Gasteiger partial charge in [-0.25, -0.2) is 5.84 Å². The number of nitrogens with one attached hydrogen (secondary N) is 3. The Labute approximate surface area is 238 Å². The maximum absolute atomic E-state index is 13.1. The molecular formula is C28H36ClN9O2. The van der Waals surface area contributed by atoms with Crippen molar-refractivity contribution in [3.05, 3.63) is 76.5 Å². The number of nitrogens with zero attached hydrogens (tertiary/aromatic N) is 2. The van der Waals surface area contributed by atoms with Crippen molar-refractivity contribution in [1.29, 1.82) is 0 Å². The lowest BCUT2D eigenvalue weighted by molar-refractivity contribution is -0.117. The molecular weight excluding hydrogens is 530 g/mol. The average molecular weight is 566 g/mol. The van der Waals surface area contributed by atoms with Gasteiger partial charge in [0.25, 0.3) is 0 Å². The maximum Gasteiger partial charge on any atom is 0.244 e. The first kappa shape index (κ1) is 30.1. The maximum atomic E-state index is 13.1. The second-order valence-electron chi connectivity index (χ2n) is 9.19. The van der Waals surface area contributed by atoms with E-state index < -0.39 is 6.04 Å². The molecule has 11 nitrogen and oxygen atoms in total. The summed E-state index contributed by atoms with van der Waals surface area (Å²) in [5, 5.41) is 14.2. The minimum Gasteiger partial charge on any atom is -0.404 e. The van der Waals surface area contributed by atoms with Crippen LogP contribution >= 0.6 is 11.6 Å². The number of anilines is 3. The highest BCUT2D eigenvalue weighted by Gasteiger charge is 2.18. The third-order valence-electron chi connectivity index (χ3n) is 6.40. The molecule has 0 saturated heterocycles. The number of hydrogen-bond donors (Lipinski definition) is 7. The lowest BCUT2D eigenvalue weighted by Crippen LogP contribution is -2.35. The summed E-state index contributed by atoms with van der Waals surface area (Å²) in [4.78, 5) is 25.6. The first-order chi connectivity index (χ1) is 19.2. The van der Waals surface area contributed by atoms with Crippen molar-refractivity contribution in [2.75, 3.05) is 22.7 Å². The average Bonchev–Trinajstić information content (AvgIpc) is 2.94. The number of hydrogen-bond acceptors (Lipinski definition) is 8. The van der Waals surface area contributed by atoms with Gasteiger partial charge in [-0.3, -0.25) is 14.6 Å². The topological polar surface area (TPSA) is 190 Å². The molecule has 3 rings (SSSR count). The third-order valence-corrected chi connectivity index (χ3v) is 6.63. The van der Waals surface area contributed by atoms with Gasteiger partial charge in [0.05, 0.1) is 17.4 Å². The Kier molecular flexibility index (Phi) is 11.0. The fraction of sp³-hybridized carbons (Fsp3) is 0.250. The van der Waals surface area contributed by atoms with Gasteiger partial charge in [-0.2, -0.15) is 5.10 Å². The third kappa shape index (κ3) is 8.26. The monoisotopic (exact) mass is 565 g/mol. The van der Waals surface area contributed by atoms with E-state index in [0.717, 1.165) is 18.5 Å². The van der Waals surface area contributed by atoms with Crippen LogP contribution in [0.4, 0.5) is 17.1 Å². The number of halogens is 1. The van der Waals surface area contributed by atoms with E-state index >= 15 is 0 Å². The zero-order chi connectivity index (χ0) is 29.1. The number of rotatable bonds is 6. The van der Waals surface area contributed by atoms with Crippen LogP contribution < -0.4 is 44.1 Å². The Balaban J connectivity index is 1.89. The Bertz CT molecular complexity index is 1340. The van der Waals surface area contributed by atoms with E-state index in [1.54, 1.807) is 37.4 Å². The molecule has 12 heteroatoms. The van der Waals surface area contributed by atoms with Gasteiger partial charge in [-0.05, 0) is 73.2 Å². The summed E-state index contributed by atoms with van der Waals surface area (Å²) in [6.07, 6.45) is 10.7. The van der Waals surface area contributed by atoms with Crippen molar-refractivity contribution in [2.24, 2.45) is 28.3 Å². The van der Waals surface area contributed by atoms with Crippen molar-refractivity contribution in [3.8, 4) is 0 Å². The molecule has 40 heavy (non-hydrogen) atoms. The number of carbonyl (C=O) groups excluding carboxylic acids is 2. The van der Waals surface area contributed by atoms with Crippen LogP contribution in [-0.2, 0) is 9.59 Å². The van der Waals surface area contributed by atoms with Gasteiger partial charge in [0.2, 0.25) is 11.8 Å². The highest BCUT2D eigenvalue weighted by Crippen LogP contribution is 2.28. The molecule has 1 unspecified atom stereocenters. The summed E-state index contributed by atoms with van der Waals surface area (Å²) < 4.78 is 0. The predicted molar refractivity (Wildman–Crippen MR) is 164 cm³/mol. The highest BCUT2D eigenvalue weighted by atomic mass is 35.5.